The van der Waals surface area contributed by atoms with Crippen molar-refractivity contribution >= 4 is 64.2 Å². The Morgan fingerprint density at radius 1 is 1.02 bits per heavy atom. The molecule has 4 aliphatic carbocycles. The number of rotatable bonds is 8. The van der Waals surface area contributed by atoms with Crippen LogP contribution >= 0.6 is 58.0 Å². The van der Waals surface area contributed by atoms with Gasteiger partial charge in [-0.25, -0.2) is 9.78 Å². The number of carbonyl (C=O) groups excluding carboxylic acids is 1. The van der Waals surface area contributed by atoms with Gasteiger partial charge in [-0.15, -0.1) is 0 Å². The van der Waals surface area contributed by atoms with E-state index in [-0.39, 0.29) is 38.9 Å². The number of ether oxygens (including phenoxy) is 3. The number of halogens is 5. The maximum absolute atomic E-state index is 13.0. The maximum atomic E-state index is 13.0. The van der Waals surface area contributed by atoms with E-state index in [0.29, 0.717) is 17.8 Å². The second kappa shape index (κ2) is 13.7. The van der Waals surface area contributed by atoms with Gasteiger partial charge < -0.3 is 14.2 Å². The number of methoxy groups -OCH3 is 1. The van der Waals surface area contributed by atoms with Crippen LogP contribution < -0.4 is 9.47 Å². The molecule has 0 saturated heterocycles. The van der Waals surface area contributed by atoms with Crippen molar-refractivity contribution < 1.29 is 19.0 Å². The van der Waals surface area contributed by atoms with Gasteiger partial charge in [-0.3, -0.25) is 0 Å². The summed E-state index contributed by atoms with van der Waals surface area (Å²) in [5, 5.41) is -0.309. The highest BCUT2D eigenvalue weighted by Gasteiger charge is 2.59. The largest absolute Gasteiger partial charge is 0.514 e. The molecule has 5 rings (SSSR count). The summed E-state index contributed by atoms with van der Waals surface area (Å²) in [6.07, 6.45) is 14.3. The van der Waals surface area contributed by atoms with E-state index in [1.54, 1.807) is 0 Å². The zero-order valence-corrected chi connectivity index (χ0v) is 31.1. The van der Waals surface area contributed by atoms with Crippen molar-refractivity contribution in [3.8, 4) is 11.6 Å². The molecule has 0 spiro atoms. The monoisotopic (exact) mass is 721 g/mol. The number of hydrogen-bond donors (Lipinski definition) is 0. The Hall–Kier alpha value is -0.590. The van der Waals surface area contributed by atoms with Crippen LogP contribution in [-0.2, 0) is 8.53 Å². The second-order valence-electron chi connectivity index (χ2n) is 15.0. The first-order valence-corrected chi connectivity index (χ1v) is 18.6. The molecule has 8 atom stereocenters. The fourth-order valence-electron chi connectivity index (χ4n) is 9.91. The van der Waals surface area contributed by atoms with E-state index in [1.165, 1.54) is 57.6 Å². The van der Waals surface area contributed by atoms with Gasteiger partial charge in [0.25, 0.3) is 0 Å². The molecule has 0 aliphatic heterocycles. The summed E-state index contributed by atoms with van der Waals surface area (Å²) in [7, 11) is 1.35. The number of carbonyl (C=O) groups is 1. The molecule has 1 unspecified atom stereocenters. The van der Waals surface area contributed by atoms with Crippen molar-refractivity contribution in [1.82, 2.24) is 4.98 Å². The topological polar surface area (TPSA) is 57.7 Å². The number of fused-ring (bicyclic) bond motifs is 5. The molecule has 0 bridgehead atoms. The number of nitrogens with zero attached hydrogens (tertiary/aromatic N) is 1. The van der Waals surface area contributed by atoms with E-state index >= 15 is 0 Å². The highest BCUT2D eigenvalue weighted by atomic mass is 35.6. The van der Waals surface area contributed by atoms with E-state index in [1.807, 2.05) is 0 Å². The van der Waals surface area contributed by atoms with Crippen LogP contribution in [0.2, 0.25) is 10.0 Å². The van der Waals surface area contributed by atoms with Gasteiger partial charge >= 0.3 is 6.16 Å². The molecule has 1 aromatic rings. The molecule has 45 heavy (non-hydrogen) atoms. The third kappa shape index (κ3) is 6.96. The van der Waals surface area contributed by atoms with Crippen LogP contribution in [0.25, 0.3) is 0 Å². The number of aromatic nitrogens is 1. The van der Waals surface area contributed by atoms with Gasteiger partial charge in [0.1, 0.15) is 21.8 Å². The van der Waals surface area contributed by atoms with Crippen LogP contribution in [0.1, 0.15) is 111 Å². The zero-order chi connectivity index (χ0) is 32.9. The Bertz CT molecular complexity index is 1300. The Morgan fingerprint density at radius 2 is 1.76 bits per heavy atom. The van der Waals surface area contributed by atoms with E-state index in [4.69, 9.17) is 72.2 Å². The SMILES string of the molecule is COc1nc(C(Cl)(Cl)Cl)c(Cl)c(OC(=O)O[C@H]2CC[C@@]3(C)C(=CCC4[C@@H]5CC[C@H]([C@H](C)CCCC(C)C)[C@@]5(C)CC[C@@H]43)C2)c1Cl. The fraction of sp³-hybridized carbons (Fsp3) is 0.771. The smallest absolute Gasteiger partial charge is 0.480 e. The van der Waals surface area contributed by atoms with Crippen LogP contribution in [0, 0.1) is 46.3 Å². The molecule has 4 aliphatic rings. The van der Waals surface area contributed by atoms with Crippen molar-refractivity contribution in [3.05, 3.63) is 27.4 Å². The highest BCUT2D eigenvalue weighted by molar-refractivity contribution is 6.67. The van der Waals surface area contributed by atoms with Crippen LogP contribution in [0.5, 0.6) is 11.6 Å². The second-order valence-corrected chi connectivity index (χ2v) is 18.1. The molecule has 1 aromatic heterocycles. The summed E-state index contributed by atoms with van der Waals surface area (Å²) >= 11 is 30.8. The van der Waals surface area contributed by atoms with Crippen molar-refractivity contribution in [2.45, 2.75) is 115 Å². The molecule has 252 valence electrons. The summed E-state index contributed by atoms with van der Waals surface area (Å²) in [5.74, 6) is 4.37. The quantitative estimate of drug-likeness (QED) is 0.152. The first kappa shape index (κ1) is 35.7. The molecule has 10 heteroatoms. The van der Waals surface area contributed by atoms with Crippen molar-refractivity contribution in [2.24, 2.45) is 46.3 Å². The molecular weight excluding hydrogens is 676 g/mol. The van der Waals surface area contributed by atoms with Gasteiger partial charge in [0.05, 0.1) is 7.11 Å². The lowest BCUT2D eigenvalue weighted by Gasteiger charge is -2.58. The van der Waals surface area contributed by atoms with Crippen LogP contribution in [-0.4, -0.2) is 24.4 Å². The van der Waals surface area contributed by atoms with E-state index in [9.17, 15) is 4.79 Å². The lowest BCUT2D eigenvalue weighted by Crippen LogP contribution is -2.51. The molecule has 3 fully saturated rings. The third-order valence-electron chi connectivity index (χ3n) is 12.2. The fourth-order valence-corrected chi connectivity index (χ4v) is 11.1. The predicted octanol–water partition coefficient (Wildman–Crippen LogP) is 12.1. The summed E-state index contributed by atoms with van der Waals surface area (Å²) < 4.78 is 14.5. The zero-order valence-electron chi connectivity index (χ0n) is 27.4. The van der Waals surface area contributed by atoms with Crippen LogP contribution in [0.3, 0.4) is 0 Å². The molecule has 3 saturated carbocycles. The summed E-state index contributed by atoms with van der Waals surface area (Å²) in [4.78, 5) is 17.1. The van der Waals surface area contributed by atoms with Crippen molar-refractivity contribution in [3.63, 3.8) is 0 Å². The minimum absolute atomic E-state index is 0.0849. The van der Waals surface area contributed by atoms with E-state index in [2.05, 4.69) is 45.7 Å². The predicted molar refractivity (Wildman–Crippen MR) is 184 cm³/mol. The molecule has 1 heterocycles. The van der Waals surface area contributed by atoms with Gasteiger partial charge in [0.2, 0.25) is 9.67 Å². The Kier molecular flexibility index (Phi) is 10.9. The standard InChI is InChI=1S/C35H48Cl5NO4/c1-19(2)8-7-9-20(3)24-12-13-25-23-11-10-21-18-22(14-16-33(21,4)26(23)15-17-34(24,25)5)44-32(42)45-29-27(36)30(35(38,39)40)41-31(43-6)28(29)37/h10,19-20,22-26H,7-9,11-18H2,1-6H3/t20-,22+,23?,24-,25+,26+,33+,34-/m1/s1. The van der Waals surface area contributed by atoms with Gasteiger partial charge in [0.15, 0.2) is 5.75 Å². The first-order chi connectivity index (χ1) is 21.1. The van der Waals surface area contributed by atoms with E-state index in [0.717, 1.165) is 48.9 Å². The molecule has 0 amide bonds. The van der Waals surface area contributed by atoms with Gasteiger partial charge in [0, 0.05) is 6.42 Å². The maximum Gasteiger partial charge on any atom is 0.514 e. The number of alkyl halides is 3. The van der Waals surface area contributed by atoms with Gasteiger partial charge in [-0.2, -0.15) is 0 Å². The summed E-state index contributed by atoms with van der Waals surface area (Å²) in [6, 6.07) is 0. The minimum Gasteiger partial charge on any atom is -0.480 e. The molecular formula is C35H48Cl5NO4. The molecule has 0 N–H and O–H groups in total. The third-order valence-corrected chi connectivity index (χ3v) is 13.4. The Balaban J connectivity index is 1.25. The van der Waals surface area contributed by atoms with Gasteiger partial charge in [-0.05, 0) is 91.3 Å². The van der Waals surface area contributed by atoms with E-state index < -0.39 is 9.95 Å². The van der Waals surface area contributed by atoms with Crippen LogP contribution in [0.15, 0.2) is 11.6 Å². The Labute approximate surface area is 294 Å². The number of hydrogen-bond acceptors (Lipinski definition) is 5. The first-order valence-electron chi connectivity index (χ1n) is 16.7. The minimum atomic E-state index is -1.99. The summed E-state index contributed by atoms with van der Waals surface area (Å²) in [6.45, 7) is 12.3. The average Bonchev–Trinajstić information content (AvgIpc) is 3.32. The lowest BCUT2D eigenvalue weighted by molar-refractivity contribution is -0.0597. The number of allylic oxidation sites excluding steroid dienone is 1. The van der Waals surface area contributed by atoms with Crippen LogP contribution in [0.4, 0.5) is 4.79 Å². The number of pyridine rings is 1. The summed E-state index contributed by atoms with van der Waals surface area (Å²) in [5.41, 5.74) is 1.86. The normalized spacial score (nSPS) is 33.5. The highest BCUT2D eigenvalue weighted by Crippen LogP contribution is 2.67. The van der Waals surface area contributed by atoms with Gasteiger partial charge in [-0.1, -0.05) is 124 Å². The molecule has 0 aromatic carbocycles. The average molecular weight is 724 g/mol. The van der Waals surface area contributed by atoms with Crippen molar-refractivity contribution in [2.75, 3.05) is 7.11 Å². The van der Waals surface area contributed by atoms with Crippen molar-refractivity contribution in [1.29, 1.82) is 0 Å². The lowest BCUT2D eigenvalue weighted by atomic mass is 9.47. The molecule has 0 radical (unpaired) electrons. The Morgan fingerprint density at radius 3 is 2.42 bits per heavy atom. The molecule has 5 nitrogen and oxygen atoms in total.